The lowest BCUT2D eigenvalue weighted by molar-refractivity contribution is 0.837. The van der Waals surface area contributed by atoms with Crippen molar-refractivity contribution in [1.29, 1.82) is 10.5 Å². The molecule has 28 heavy (non-hydrogen) atoms. The maximum Gasteiger partial charge on any atom is 0.268 e. The molecule has 0 amide bonds. The van der Waals surface area contributed by atoms with Crippen LogP contribution in [0.4, 0.5) is 5.82 Å². The number of fused-ring (bicyclic) bond motifs is 1. The minimum absolute atomic E-state index is 0.0405. The van der Waals surface area contributed by atoms with Gasteiger partial charge in [-0.3, -0.25) is 4.79 Å². The molecular formula is C22H15N5O. The summed E-state index contributed by atoms with van der Waals surface area (Å²) in [6, 6.07) is 21.6. The van der Waals surface area contributed by atoms with Crippen LogP contribution in [0.1, 0.15) is 16.7 Å². The first kappa shape index (κ1) is 17.1. The smallest absolute Gasteiger partial charge is 0.268 e. The number of nitrogen functional groups attached to an aromatic ring is 1. The van der Waals surface area contributed by atoms with Crippen LogP contribution in [0.5, 0.6) is 0 Å². The number of nitrogens with two attached hydrogens (primary N) is 1. The average Bonchev–Trinajstić information content (AvgIpc) is 3.10. The van der Waals surface area contributed by atoms with Crippen molar-refractivity contribution in [2.75, 3.05) is 5.73 Å². The number of benzene rings is 2. The first-order chi connectivity index (χ1) is 13.6. The molecule has 6 nitrogen and oxygen atoms in total. The number of anilines is 1. The van der Waals surface area contributed by atoms with Crippen LogP contribution in [0.15, 0.2) is 65.6 Å². The molecule has 0 atom stereocenters. The van der Waals surface area contributed by atoms with Gasteiger partial charge in [0.1, 0.15) is 29.1 Å². The molecule has 0 saturated carbocycles. The summed E-state index contributed by atoms with van der Waals surface area (Å²) in [6.45, 7) is 0.682. The van der Waals surface area contributed by atoms with Gasteiger partial charge < -0.3 is 15.3 Å². The number of nitrogens with zero attached hydrogens (tertiary/aromatic N) is 3. The Hall–Kier alpha value is -4.29. The number of nitriles is 2. The number of rotatable bonds is 3. The zero-order valence-electron chi connectivity index (χ0n) is 14.8. The second kappa shape index (κ2) is 6.79. The highest BCUT2D eigenvalue weighted by atomic mass is 16.1. The Bertz CT molecular complexity index is 1330. The lowest BCUT2D eigenvalue weighted by Gasteiger charge is -2.11. The van der Waals surface area contributed by atoms with Crippen LogP contribution >= 0.6 is 0 Å². The molecule has 2 aromatic heterocycles. The average molecular weight is 365 g/mol. The van der Waals surface area contributed by atoms with Crippen LogP contribution in [-0.2, 0) is 6.54 Å². The van der Waals surface area contributed by atoms with Crippen LogP contribution in [0.3, 0.4) is 0 Å². The fourth-order valence-electron chi connectivity index (χ4n) is 3.39. The van der Waals surface area contributed by atoms with Gasteiger partial charge in [0.2, 0.25) is 0 Å². The second-order valence-electron chi connectivity index (χ2n) is 6.42. The van der Waals surface area contributed by atoms with Crippen LogP contribution < -0.4 is 11.3 Å². The molecule has 4 aromatic rings. The van der Waals surface area contributed by atoms with Gasteiger partial charge in [-0.1, -0.05) is 42.5 Å². The quantitative estimate of drug-likeness (QED) is 0.579. The molecule has 0 radical (unpaired) electrons. The van der Waals surface area contributed by atoms with E-state index in [0.717, 1.165) is 16.5 Å². The third-order valence-electron chi connectivity index (χ3n) is 4.73. The van der Waals surface area contributed by atoms with Crippen molar-refractivity contribution in [2.24, 2.45) is 0 Å². The van der Waals surface area contributed by atoms with Gasteiger partial charge in [-0.25, -0.2) is 0 Å². The third-order valence-corrected chi connectivity index (χ3v) is 4.73. The van der Waals surface area contributed by atoms with Gasteiger partial charge in [0.15, 0.2) is 0 Å². The molecule has 0 aliphatic rings. The summed E-state index contributed by atoms with van der Waals surface area (Å²) >= 11 is 0. The topological polar surface area (TPSA) is 111 Å². The first-order valence-electron chi connectivity index (χ1n) is 8.61. The Kier molecular flexibility index (Phi) is 4.16. The van der Waals surface area contributed by atoms with Crippen molar-refractivity contribution >= 4 is 16.7 Å². The van der Waals surface area contributed by atoms with Gasteiger partial charge in [-0.15, -0.1) is 0 Å². The van der Waals surface area contributed by atoms with Crippen molar-refractivity contribution in [3.63, 3.8) is 0 Å². The normalized spacial score (nSPS) is 10.5. The van der Waals surface area contributed by atoms with E-state index in [0.29, 0.717) is 12.1 Å². The molecular weight excluding hydrogens is 350 g/mol. The maximum atomic E-state index is 12.2. The summed E-state index contributed by atoms with van der Waals surface area (Å²) in [7, 11) is 0. The predicted octanol–water partition coefficient (Wildman–Crippen LogP) is 3.37. The van der Waals surface area contributed by atoms with E-state index >= 15 is 0 Å². The van der Waals surface area contributed by atoms with Gasteiger partial charge in [0.05, 0.1) is 0 Å². The van der Waals surface area contributed by atoms with E-state index in [1.807, 2.05) is 54.7 Å². The van der Waals surface area contributed by atoms with Gasteiger partial charge >= 0.3 is 0 Å². The Morgan fingerprint density at radius 2 is 1.75 bits per heavy atom. The minimum atomic E-state index is -0.603. The van der Waals surface area contributed by atoms with Crippen LogP contribution in [0.2, 0.25) is 0 Å². The van der Waals surface area contributed by atoms with E-state index in [9.17, 15) is 15.3 Å². The Labute approximate surface area is 160 Å². The molecule has 4 rings (SSSR count). The van der Waals surface area contributed by atoms with E-state index in [1.165, 1.54) is 0 Å². The van der Waals surface area contributed by atoms with Crippen LogP contribution in [0, 0.1) is 22.7 Å². The zero-order valence-corrected chi connectivity index (χ0v) is 14.8. The second-order valence-corrected chi connectivity index (χ2v) is 6.42. The van der Waals surface area contributed by atoms with Gasteiger partial charge in [-0.05, 0) is 28.6 Å². The fourth-order valence-corrected chi connectivity index (χ4v) is 3.39. The Balaban J connectivity index is 1.93. The monoisotopic (exact) mass is 365 g/mol. The maximum absolute atomic E-state index is 12.2. The van der Waals surface area contributed by atoms with Crippen molar-refractivity contribution < 1.29 is 0 Å². The largest absolute Gasteiger partial charge is 0.384 e. The summed E-state index contributed by atoms with van der Waals surface area (Å²) in [5, 5.41) is 20.0. The molecule has 0 fully saturated rings. The molecule has 0 bridgehead atoms. The fraction of sp³-hybridized carbons (Fsp3) is 0.0455. The van der Waals surface area contributed by atoms with Crippen molar-refractivity contribution in [3.8, 4) is 23.3 Å². The van der Waals surface area contributed by atoms with Crippen molar-refractivity contribution in [3.05, 3.63) is 87.8 Å². The molecule has 2 heterocycles. The van der Waals surface area contributed by atoms with Crippen molar-refractivity contribution in [2.45, 2.75) is 6.54 Å². The summed E-state index contributed by atoms with van der Waals surface area (Å²) in [6.07, 6.45) is 1.99. The lowest BCUT2D eigenvalue weighted by atomic mass is 9.96. The van der Waals surface area contributed by atoms with Crippen LogP contribution in [0.25, 0.3) is 22.0 Å². The number of aromatic nitrogens is 2. The standard InChI is InChI=1S/C22H15N5O/c23-11-17-20(18(12-24)22(28)26-21(17)25)16-7-6-15-8-9-27(19(15)10-16)13-14-4-2-1-3-5-14/h1-10H,13H2,(H3,25,26,28). The highest BCUT2D eigenvalue weighted by molar-refractivity contribution is 5.89. The number of hydrogen-bond donors (Lipinski definition) is 2. The summed E-state index contributed by atoms with van der Waals surface area (Å²) in [4.78, 5) is 14.6. The predicted molar refractivity (Wildman–Crippen MR) is 107 cm³/mol. The van der Waals surface area contributed by atoms with E-state index in [1.54, 1.807) is 6.07 Å². The molecule has 0 unspecified atom stereocenters. The summed E-state index contributed by atoms with van der Waals surface area (Å²) in [5.41, 5.74) is 8.16. The van der Waals surface area contributed by atoms with E-state index < -0.39 is 5.56 Å². The van der Waals surface area contributed by atoms with E-state index in [-0.39, 0.29) is 22.5 Å². The van der Waals surface area contributed by atoms with Gasteiger partial charge in [0.25, 0.3) is 5.56 Å². The molecule has 6 heteroatoms. The highest BCUT2D eigenvalue weighted by Gasteiger charge is 2.18. The lowest BCUT2D eigenvalue weighted by Crippen LogP contribution is -2.16. The molecule has 2 aromatic carbocycles. The summed E-state index contributed by atoms with van der Waals surface area (Å²) in [5.74, 6) is -0.0405. The molecule has 134 valence electrons. The summed E-state index contributed by atoms with van der Waals surface area (Å²) < 4.78 is 2.09. The third kappa shape index (κ3) is 2.80. The SMILES string of the molecule is N#Cc1c(N)[nH]c(=O)c(C#N)c1-c1ccc2ccn(Cc3ccccc3)c2c1. The number of nitrogens with one attached hydrogen (secondary N) is 1. The Morgan fingerprint density at radius 3 is 2.46 bits per heavy atom. The number of pyridine rings is 1. The molecule has 0 aliphatic carbocycles. The molecule has 3 N–H and O–H groups in total. The highest BCUT2D eigenvalue weighted by Crippen LogP contribution is 2.31. The minimum Gasteiger partial charge on any atom is -0.384 e. The zero-order chi connectivity index (χ0) is 19.7. The Morgan fingerprint density at radius 1 is 1.00 bits per heavy atom. The number of H-pyrrole nitrogens is 1. The van der Waals surface area contributed by atoms with Gasteiger partial charge in [0, 0.05) is 23.8 Å². The van der Waals surface area contributed by atoms with E-state index in [2.05, 4.69) is 21.7 Å². The number of aromatic amines is 1. The molecule has 0 aliphatic heterocycles. The molecule has 0 spiro atoms. The van der Waals surface area contributed by atoms with E-state index in [4.69, 9.17) is 5.73 Å². The van der Waals surface area contributed by atoms with Crippen molar-refractivity contribution in [1.82, 2.24) is 9.55 Å². The molecule has 0 saturated heterocycles. The van der Waals surface area contributed by atoms with Crippen LogP contribution in [-0.4, -0.2) is 9.55 Å². The first-order valence-corrected chi connectivity index (χ1v) is 8.61. The number of hydrogen-bond acceptors (Lipinski definition) is 4. The van der Waals surface area contributed by atoms with Gasteiger partial charge in [-0.2, -0.15) is 10.5 Å².